The van der Waals surface area contributed by atoms with E-state index in [4.69, 9.17) is 4.74 Å². The number of halogens is 1. The number of esters is 1. The molecule has 1 N–H and O–H groups in total. The monoisotopic (exact) mass is 386 g/mol. The minimum absolute atomic E-state index is 0.0532. The van der Waals surface area contributed by atoms with Crippen LogP contribution in [0.15, 0.2) is 24.3 Å². The summed E-state index contributed by atoms with van der Waals surface area (Å²) in [5, 5.41) is 2.86. The van der Waals surface area contributed by atoms with Crippen LogP contribution >= 0.6 is 15.9 Å². The van der Waals surface area contributed by atoms with Gasteiger partial charge in [0.15, 0.2) is 0 Å². The van der Waals surface area contributed by atoms with E-state index in [2.05, 4.69) is 26.1 Å². The Kier molecular flexibility index (Phi) is 11.3. The molecule has 0 aliphatic rings. The molecular weight excluding hydrogens is 360 g/mol. The lowest BCUT2D eigenvalue weighted by Crippen LogP contribution is -2.41. The number of nitrogens with one attached hydrogen (secondary N) is 1. The molecule has 0 aromatic heterocycles. The van der Waals surface area contributed by atoms with Gasteiger partial charge in [-0.3, -0.25) is 9.69 Å². The molecule has 0 aliphatic carbocycles. The minimum Gasteiger partial charge on any atom is -0.462 e. The van der Waals surface area contributed by atoms with E-state index in [1.807, 2.05) is 26.6 Å². The fraction of sp³-hybridized carbons (Fsp3) is 0.529. The number of rotatable bonds is 7. The Morgan fingerprint density at radius 2 is 1.65 bits per heavy atom. The number of nitrogens with zero attached hydrogens (tertiary/aromatic N) is 1. The normalized spacial score (nSPS) is 11.3. The van der Waals surface area contributed by atoms with E-state index >= 15 is 0 Å². The number of benzene rings is 1. The second kappa shape index (κ2) is 12.1. The first-order valence-corrected chi connectivity index (χ1v) is 9.31. The number of carbonyl (C=O) groups excluding carboxylic acids is 2. The van der Waals surface area contributed by atoms with E-state index < -0.39 is 0 Å². The number of hydrogen-bond donors (Lipinski definition) is 1. The van der Waals surface area contributed by atoms with Crippen LogP contribution in [0.2, 0.25) is 0 Å². The van der Waals surface area contributed by atoms with E-state index in [1.54, 1.807) is 31.2 Å². The zero-order chi connectivity index (χ0) is 17.8. The van der Waals surface area contributed by atoms with Gasteiger partial charge in [-0.1, -0.05) is 29.8 Å². The van der Waals surface area contributed by atoms with Gasteiger partial charge < -0.3 is 10.1 Å². The molecule has 0 saturated carbocycles. The predicted octanol–water partition coefficient (Wildman–Crippen LogP) is 3.54. The minimum atomic E-state index is -0.355. The highest BCUT2D eigenvalue weighted by atomic mass is 79.9. The maximum absolute atomic E-state index is 12.1. The molecular formula is C17H27BrN2O3. The van der Waals surface area contributed by atoms with Crippen LogP contribution in [0, 0.1) is 0 Å². The van der Waals surface area contributed by atoms with Gasteiger partial charge in [-0.25, -0.2) is 4.79 Å². The molecule has 0 bridgehead atoms. The Morgan fingerprint density at radius 3 is 2.09 bits per heavy atom. The molecule has 0 aliphatic heterocycles. The quantitative estimate of drug-likeness (QED) is 0.574. The van der Waals surface area contributed by atoms with Crippen molar-refractivity contribution in [2.24, 2.45) is 0 Å². The number of ether oxygens (including phenoxy) is 1. The lowest BCUT2D eigenvalue weighted by Gasteiger charge is -2.25. The molecule has 1 unspecified atom stereocenters. The van der Waals surface area contributed by atoms with Crippen molar-refractivity contribution < 1.29 is 14.3 Å². The summed E-state index contributed by atoms with van der Waals surface area (Å²) in [5.74, 6) is 1.40. The van der Waals surface area contributed by atoms with Gasteiger partial charge in [-0.2, -0.15) is 0 Å². The molecule has 1 aromatic rings. The van der Waals surface area contributed by atoms with Crippen LogP contribution in [0.25, 0.3) is 0 Å². The lowest BCUT2D eigenvalue weighted by molar-refractivity contribution is -0.120. The maximum Gasteiger partial charge on any atom is 0.338 e. The molecule has 1 aromatic carbocycles. The number of alkyl halides is 1. The first-order chi connectivity index (χ1) is 11.0. The Morgan fingerprint density at radius 1 is 1.13 bits per heavy atom. The highest BCUT2D eigenvalue weighted by molar-refractivity contribution is 9.08. The molecule has 0 saturated heterocycles. The first-order valence-electron chi connectivity index (χ1n) is 7.73. The Hall–Kier alpha value is -1.40. The van der Waals surface area contributed by atoms with Gasteiger partial charge >= 0.3 is 5.97 Å². The van der Waals surface area contributed by atoms with Crippen LogP contribution in [0.5, 0.6) is 0 Å². The maximum atomic E-state index is 12.1. The predicted molar refractivity (Wildman–Crippen MR) is 98.3 cm³/mol. The zero-order valence-electron chi connectivity index (χ0n) is 14.6. The number of anilines is 1. The van der Waals surface area contributed by atoms with Gasteiger partial charge in [-0.05, 0) is 57.0 Å². The number of likely N-dealkylation sites (N-methyl/N-ethyl adjacent to an activating group) is 1. The first kappa shape index (κ1) is 21.6. The van der Waals surface area contributed by atoms with E-state index in [9.17, 15) is 9.59 Å². The molecule has 1 rings (SSSR count). The number of hydrogen-bond acceptors (Lipinski definition) is 4. The topological polar surface area (TPSA) is 58.6 Å². The van der Waals surface area contributed by atoms with Gasteiger partial charge in [0.05, 0.1) is 18.2 Å². The van der Waals surface area contributed by atoms with Gasteiger partial charge in [0, 0.05) is 5.69 Å². The molecule has 1 amide bonds. The average Bonchev–Trinajstić information content (AvgIpc) is 2.58. The third-order valence-corrected chi connectivity index (χ3v) is 3.40. The molecule has 1 atom stereocenters. The Labute approximate surface area is 147 Å². The van der Waals surface area contributed by atoms with Gasteiger partial charge in [0.1, 0.15) is 0 Å². The Bertz CT molecular complexity index is 473. The van der Waals surface area contributed by atoms with Crippen LogP contribution < -0.4 is 5.32 Å². The summed E-state index contributed by atoms with van der Waals surface area (Å²) in [5.41, 5.74) is 1.15. The highest BCUT2D eigenvalue weighted by Crippen LogP contribution is 2.12. The molecule has 0 heterocycles. The van der Waals surface area contributed by atoms with Gasteiger partial charge in [-0.15, -0.1) is 0 Å². The zero-order valence-corrected chi connectivity index (χ0v) is 16.1. The molecule has 0 radical (unpaired) electrons. The summed E-state index contributed by atoms with van der Waals surface area (Å²) in [4.78, 5) is 25.8. The van der Waals surface area contributed by atoms with Gasteiger partial charge in [0.2, 0.25) is 5.91 Å². The standard InChI is InChI=1S/C16H24N2O3.CH3Br/c1-5-18(6-2)12(4)15(19)17-14-10-8-13(9-11-14)16(20)21-7-3;1-2/h8-12H,5-7H2,1-4H3,(H,17,19);1H3. The molecule has 23 heavy (non-hydrogen) atoms. The van der Waals surface area contributed by atoms with Crippen molar-refractivity contribution >= 4 is 33.5 Å². The van der Waals surface area contributed by atoms with Crippen molar-refractivity contribution in [2.45, 2.75) is 33.7 Å². The summed E-state index contributed by atoms with van der Waals surface area (Å²) < 4.78 is 4.91. The van der Waals surface area contributed by atoms with Crippen molar-refractivity contribution in [1.82, 2.24) is 4.90 Å². The van der Waals surface area contributed by atoms with Crippen LogP contribution in [-0.4, -0.2) is 48.3 Å². The van der Waals surface area contributed by atoms with Crippen molar-refractivity contribution in [3.8, 4) is 0 Å². The summed E-state index contributed by atoms with van der Waals surface area (Å²) in [6.07, 6.45) is 0. The van der Waals surface area contributed by atoms with E-state index in [0.29, 0.717) is 17.9 Å². The molecule has 6 heteroatoms. The molecule has 0 fully saturated rings. The van der Waals surface area contributed by atoms with Crippen molar-refractivity contribution in [3.63, 3.8) is 0 Å². The third kappa shape index (κ3) is 7.14. The van der Waals surface area contributed by atoms with Crippen molar-refractivity contribution in [2.75, 3.05) is 30.8 Å². The van der Waals surface area contributed by atoms with E-state index in [1.165, 1.54) is 0 Å². The summed E-state index contributed by atoms with van der Waals surface area (Å²) in [6, 6.07) is 6.52. The smallest absolute Gasteiger partial charge is 0.338 e. The molecule has 5 nitrogen and oxygen atoms in total. The van der Waals surface area contributed by atoms with Crippen molar-refractivity contribution in [3.05, 3.63) is 29.8 Å². The van der Waals surface area contributed by atoms with Gasteiger partial charge in [0.25, 0.3) is 0 Å². The molecule has 130 valence electrons. The molecule has 0 spiro atoms. The summed E-state index contributed by atoms with van der Waals surface area (Å²) in [7, 11) is 0. The van der Waals surface area contributed by atoms with Crippen LogP contribution in [-0.2, 0) is 9.53 Å². The van der Waals surface area contributed by atoms with E-state index in [-0.39, 0.29) is 17.9 Å². The van der Waals surface area contributed by atoms with E-state index in [0.717, 1.165) is 13.1 Å². The van der Waals surface area contributed by atoms with Crippen molar-refractivity contribution in [1.29, 1.82) is 0 Å². The third-order valence-electron chi connectivity index (χ3n) is 3.40. The SMILES string of the molecule is CBr.CCOC(=O)c1ccc(NC(=O)C(C)N(CC)CC)cc1. The second-order valence-corrected chi connectivity index (χ2v) is 4.68. The summed E-state index contributed by atoms with van der Waals surface area (Å²) in [6.45, 7) is 9.71. The van der Waals surface area contributed by atoms with Crippen LogP contribution in [0.4, 0.5) is 5.69 Å². The highest BCUT2D eigenvalue weighted by Gasteiger charge is 2.18. The fourth-order valence-corrected chi connectivity index (χ4v) is 2.09. The lowest BCUT2D eigenvalue weighted by atomic mass is 10.2. The number of amides is 1. The second-order valence-electron chi connectivity index (χ2n) is 4.68. The van der Waals surface area contributed by atoms with Crippen LogP contribution in [0.1, 0.15) is 38.1 Å². The largest absolute Gasteiger partial charge is 0.462 e. The van der Waals surface area contributed by atoms with Crippen LogP contribution in [0.3, 0.4) is 0 Å². The number of carbonyl (C=O) groups is 2. The fourth-order valence-electron chi connectivity index (χ4n) is 2.09. The Balaban J connectivity index is 0.00000232. The summed E-state index contributed by atoms with van der Waals surface area (Å²) >= 11 is 2.94. The average molecular weight is 387 g/mol.